The van der Waals surface area contributed by atoms with E-state index in [-0.39, 0.29) is 12.2 Å². The van der Waals surface area contributed by atoms with Crippen molar-refractivity contribution in [3.05, 3.63) is 0 Å². The van der Waals surface area contributed by atoms with Gasteiger partial charge in [-0.05, 0) is 34.1 Å². The topological polar surface area (TPSA) is 38.7 Å². The Morgan fingerprint density at radius 1 is 1.00 bits per heavy atom. The van der Waals surface area contributed by atoms with Gasteiger partial charge in [0.2, 0.25) is 0 Å². The zero-order valence-electron chi connectivity index (χ0n) is 10.7. The average Bonchev–Trinajstić information content (AvgIpc) is 2.11. The molecule has 15 heavy (non-hydrogen) atoms. The molecule has 3 heteroatoms. The van der Waals surface area contributed by atoms with Crippen LogP contribution in [0.25, 0.3) is 0 Å². The van der Waals surface area contributed by atoms with Gasteiger partial charge in [-0.3, -0.25) is 0 Å². The molecule has 0 radical (unpaired) electrons. The Morgan fingerprint density at radius 3 is 1.80 bits per heavy atom. The highest BCUT2D eigenvalue weighted by Crippen LogP contribution is 2.13. The van der Waals surface area contributed by atoms with Gasteiger partial charge in [-0.1, -0.05) is 19.8 Å². The predicted octanol–water partition coefficient (Wildman–Crippen LogP) is 2.71. The molecule has 92 valence electrons. The lowest BCUT2D eigenvalue weighted by atomic mass is 10.1. The molecule has 0 aromatic carbocycles. The van der Waals surface area contributed by atoms with Crippen LogP contribution >= 0.6 is 0 Å². The van der Waals surface area contributed by atoms with Crippen LogP contribution in [0.5, 0.6) is 0 Å². The van der Waals surface area contributed by atoms with E-state index in [9.17, 15) is 5.11 Å². The first-order valence-electron chi connectivity index (χ1n) is 5.96. The number of aliphatic hydroxyl groups excluding tert-OH is 1. The Hall–Kier alpha value is -0.120. The van der Waals surface area contributed by atoms with Gasteiger partial charge in [-0.2, -0.15) is 0 Å². The van der Waals surface area contributed by atoms with E-state index in [1.165, 1.54) is 0 Å². The van der Waals surface area contributed by atoms with Crippen molar-refractivity contribution in [2.45, 2.75) is 78.5 Å². The maximum absolute atomic E-state index is 9.89. The van der Waals surface area contributed by atoms with E-state index in [0.717, 1.165) is 19.3 Å². The van der Waals surface area contributed by atoms with E-state index in [2.05, 4.69) is 6.92 Å². The Bertz CT molecular complexity index is 136. The van der Waals surface area contributed by atoms with Crippen molar-refractivity contribution < 1.29 is 14.6 Å². The normalized spacial score (nSPS) is 14.2. The van der Waals surface area contributed by atoms with Crippen molar-refractivity contribution in [1.82, 2.24) is 0 Å². The first kappa shape index (κ1) is 14.9. The fourth-order valence-corrected chi connectivity index (χ4v) is 1.30. The highest BCUT2D eigenvalue weighted by atomic mass is 16.7. The van der Waals surface area contributed by atoms with Gasteiger partial charge >= 0.3 is 0 Å². The van der Waals surface area contributed by atoms with Crippen molar-refractivity contribution in [1.29, 1.82) is 0 Å². The molecule has 1 N–H and O–H groups in total. The lowest BCUT2D eigenvalue weighted by Crippen LogP contribution is -2.35. The van der Waals surface area contributed by atoms with Gasteiger partial charge in [-0.15, -0.1) is 0 Å². The third-order valence-electron chi connectivity index (χ3n) is 1.98. The summed E-state index contributed by atoms with van der Waals surface area (Å²) in [5, 5.41) is 9.89. The number of hydrogen-bond donors (Lipinski definition) is 1. The van der Waals surface area contributed by atoms with Crippen LogP contribution in [0.2, 0.25) is 0 Å². The lowest BCUT2D eigenvalue weighted by Gasteiger charge is -2.27. The van der Waals surface area contributed by atoms with Crippen molar-refractivity contribution in [3.63, 3.8) is 0 Å². The van der Waals surface area contributed by atoms with E-state index in [1.54, 1.807) is 0 Å². The van der Waals surface area contributed by atoms with Crippen molar-refractivity contribution in [3.8, 4) is 0 Å². The third kappa shape index (κ3) is 7.77. The molecular formula is C12H26O3. The van der Waals surface area contributed by atoms with Crippen LogP contribution in [0.1, 0.15) is 53.9 Å². The molecule has 0 bridgehead atoms. The molecule has 0 amide bonds. The van der Waals surface area contributed by atoms with Gasteiger partial charge in [0.15, 0.2) is 6.29 Å². The van der Waals surface area contributed by atoms with Gasteiger partial charge < -0.3 is 14.6 Å². The minimum atomic E-state index is -0.519. The smallest absolute Gasteiger partial charge is 0.183 e. The molecule has 0 heterocycles. The van der Waals surface area contributed by atoms with E-state index in [4.69, 9.17) is 9.47 Å². The maximum atomic E-state index is 9.89. The molecular weight excluding hydrogens is 192 g/mol. The second-order valence-corrected chi connectivity index (χ2v) is 4.45. The van der Waals surface area contributed by atoms with Gasteiger partial charge in [-0.25, -0.2) is 0 Å². The summed E-state index contributed by atoms with van der Waals surface area (Å²) >= 11 is 0. The van der Waals surface area contributed by atoms with Crippen LogP contribution in [0.15, 0.2) is 0 Å². The van der Waals surface area contributed by atoms with Crippen molar-refractivity contribution >= 4 is 0 Å². The molecule has 0 aliphatic rings. The molecule has 0 rings (SSSR count). The Morgan fingerprint density at radius 2 is 1.47 bits per heavy atom. The first-order chi connectivity index (χ1) is 6.97. The van der Waals surface area contributed by atoms with E-state index >= 15 is 0 Å². The zero-order valence-corrected chi connectivity index (χ0v) is 10.7. The average molecular weight is 218 g/mol. The summed E-state index contributed by atoms with van der Waals surface area (Å²) in [6, 6.07) is 0. The van der Waals surface area contributed by atoms with Crippen molar-refractivity contribution in [2.24, 2.45) is 0 Å². The second kappa shape index (κ2) is 8.08. The highest BCUT2D eigenvalue weighted by Gasteiger charge is 2.22. The summed E-state index contributed by atoms with van der Waals surface area (Å²) in [6.07, 6.45) is 1.95. The summed E-state index contributed by atoms with van der Waals surface area (Å²) < 4.78 is 11.1. The second-order valence-electron chi connectivity index (χ2n) is 4.45. The minimum absolute atomic E-state index is 0.0741. The third-order valence-corrected chi connectivity index (χ3v) is 1.98. The first-order valence-corrected chi connectivity index (χ1v) is 5.96. The molecule has 0 aromatic rings. The van der Waals surface area contributed by atoms with Crippen LogP contribution in [0.3, 0.4) is 0 Å². The van der Waals surface area contributed by atoms with Crippen LogP contribution in [-0.2, 0) is 9.47 Å². The quantitative estimate of drug-likeness (QED) is 0.637. The predicted molar refractivity (Wildman–Crippen MR) is 61.8 cm³/mol. The minimum Gasteiger partial charge on any atom is -0.388 e. The van der Waals surface area contributed by atoms with Crippen LogP contribution < -0.4 is 0 Å². The lowest BCUT2D eigenvalue weighted by molar-refractivity contribution is -0.225. The molecule has 0 aliphatic heterocycles. The van der Waals surface area contributed by atoms with Gasteiger partial charge in [0.25, 0.3) is 0 Å². The fraction of sp³-hybridized carbons (Fsp3) is 1.00. The number of aliphatic hydroxyl groups is 1. The number of rotatable bonds is 8. The Kier molecular flexibility index (Phi) is 8.02. The number of unbranched alkanes of at least 4 members (excludes halogenated alkanes) is 1. The summed E-state index contributed by atoms with van der Waals surface area (Å²) in [5.41, 5.74) is 0. The van der Waals surface area contributed by atoms with Crippen LogP contribution in [0.4, 0.5) is 0 Å². The summed E-state index contributed by atoms with van der Waals surface area (Å²) in [4.78, 5) is 0. The standard InChI is InChI=1S/C12H26O3/c1-6-7-8-11(13)12(14-9(2)3)15-10(4)5/h9-13H,6-8H2,1-5H3/t11-/m0/s1. The zero-order chi connectivity index (χ0) is 11.8. The summed E-state index contributed by atoms with van der Waals surface area (Å²) in [7, 11) is 0. The van der Waals surface area contributed by atoms with E-state index < -0.39 is 12.4 Å². The molecule has 0 saturated carbocycles. The SMILES string of the molecule is CCCC[C@H](O)C(OC(C)C)OC(C)C. The fourth-order valence-electron chi connectivity index (χ4n) is 1.30. The summed E-state index contributed by atoms with van der Waals surface area (Å²) in [5.74, 6) is 0. The summed E-state index contributed by atoms with van der Waals surface area (Å²) in [6.45, 7) is 9.90. The largest absolute Gasteiger partial charge is 0.388 e. The molecule has 0 aliphatic carbocycles. The molecule has 0 saturated heterocycles. The molecule has 0 fully saturated rings. The number of hydrogen-bond acceptors (Lipinski definition) is 3. The molecule has 0 spiro atoms. The molecule has 0 aromatic heterocycles. The van der Waals surface area contributed by atoms with Gasteiger partial charge in [0.1, 0.15) is 6.10 Å². The molecule has 1 atom stereocenters. The maximum Gasteiger partial charge on any atom is 0.183 e. The van der Waals surface area contributed by atoms with Gasteiger partial charge in [0, 0.05) is 0 Å². The van der Waals surface area contributed by atoms with Crippen molar-refractivity contribution in [2.75, 3.05) is 0 Å². The van der Waals surface area contributed by atoms with Crippen LogP contribution in [0, 0.1) is 0 Å². The van der Waals surface area contributed by atoms with E-state index in [1.807, 2.05) is 27.7 Å². The number of ether oxygens (including phenoxy) is 2. The van der Waals surface area contributed by atoms with Gasteiger partial charge in [0.05, 0.1) is 12.2 Å². The van der Waals surface area contributed by atoms with E-state index in [0.29, 0.717) is 0 Å². The Balaban J connectivity index is 4.07. The van der Waals surface area contributed by atoms with Crippen LogP contribution in [-0.4, -0.2) is 29.7 Å². The highest BCUT2D eigenvalue weighted by molar-refractivity contribution is 4.62. The molecule has 0 unspecified atom stereocenters. The monoisotopic (exact) mass is 218 g/mol. The Labute approximate surface area is 93.8 Å². The molecule has 3 nitrogen and oxygen atoms in total.